The third-order valence-corrected chi connectivity index (χ3v) is 3.06. The SMILES string of the molecule is CCc1nc(C)ccc1Oc1cccc(F)c1C(C)O. The smallest absolute Gasteiger partial charge is 0.148 e. The third kappa shape index (κ3) is 2.96. The van der Waals surface area contributed by atoms with E-state index in [9.17, 15) is 9.50 Å². The molecule has 0 saturated heterocycles. The Hall–Kier alpha value is -1.94. The lowest BCUT2D eigenvalue weighted by Crippen LogP contribution is -2.02. The Kier molecular flexibility index (Phi) is 4.35. The first-order chi connectivity index (χ1) is 9.52. The molecule has 4 heteroatoms. The van der Waals surface area contributed by atoms with Crippen LogP contribution in [0.1, 0.15) is 36.9 Å². The van der Waals surface area contributed by atoms with Gasteiger partial charge in [0.1, 0.15) is 17.3 Å². The molecule has 1 atom stereocenters. The van der Waals surface area contributed by atoms with Gasteiger partial charge in [-0.1, -0.05) is 13.0 Å². The first-order valence-electron chi connectivity index (χ1n) is 6.63. The van der Waals surface area contributed by atoms with Crippen LogP contribution in [0, 0.1) is 12.7 Å². The van der Waals surface area contributed by atoms with Crippen LogP contribution in [-0.4, -0.2) is 10.1 Å². The molecule has 20 heavy (non-hydrogen) atoms. The van der Waals surface area contributed by atoms with E-state index < -0.39 is 11.9 Å². The maximum Gasteiger partial charge on any atom is 0.148 e. The molecule has 0 spiro atoms. The Morgan fingerprint density at radius 1 is 1.25 bits per heavy atom. The highest BCUT2D eigenvalue weighted by Crippen LogP contribution is 2.32. The summed E-state index contributed by atoms with van der Waals surface area (Å²) in [7, 11) is 0. The molecule has 0 saturated carbocycles. The third-order valence-electron chi connectivity index (χ3n) is 3.06. The standard InChI is InChI=1S/C16H18FNO2/c1-4-13-14(9-8-10(2)18-13)20-15-7-5-6-12(17)16(15)11(3)19/h5-9,11,19H,4H2,1-3H3. The number of pyridine rings is 1. The van der Waals surface area contributed by atoms with Crippen LogP contribution >= 0.6 is 0 Å². The number of rotatable bonds is 4. The van der Waals surface area contributed by atoms with E-state index in [0.717, 1.165) is 17.8 Å². The number of aliphatic hydroxyl groups excluding tert-OH is 1. The maximum atomic E-state index is 13.8. The van der Waals surface area contributed by atoms with Crippen LogP contribution in [0.3, 0.4) is 0 Å². The molecular formula is C16H18FNO2. The van der Waals surface area contributed by atoms with Crippen molar-refractivity contribution in [2.24, 2.45) is 0 Å². The lowest BCUT2D eigenvalue weighted by Gasteiger charge is -2.15. The fraction of sp³-hybridized carbons (Fsp3) is 0.312. The van der Waals surface area contributed by atoms with E-state index in [1.165, 1.54) is 13.0 Å². The van der Waals surface area contributed by atoms with Crippen molar-refractivity contribution in [1.82, 2.24) is 4.98 Å². The topological polar surface area (TPSA) is 42.4 Å². The van der Waals surface area contributed by atoms with Crippen LogP contribution in [-0.2, 0) is 6.42 Å². The summed E-state index contributed by atoms with van der Waals surface area (Å²) >= 11 is 0. The predicted molar refractivity (Wildman–Crippen MR) is 75.5 cm³/mol. The molecule has 0 aliphatic carbocycles. The molecule has 1 aromatic carbocycles. The number of aromatic nitrogens is 1. The fourth-order valence-electron chi connectivity index (χ4n) is 2.07. The van der Waals surface area contributed by atoms with E-state index in [0.29, 0.717) is 11.5 Å². The van der Waals surface area contributed by atoms with Crippen molar-refractivity contribution in [2.75, 3.05) is 0 Å². The van der Waals surface area contributed by atoms with Gasteiger partial charge in [-0.2, -0.15) is 0 Å². The van der Waals surface area contributed by atoms with Crippen LogP contribution in [0.4, 0.5) is 4.39 Å². The van der Waals surface area contributed by atoms with E-state index in [2.05, 4.69) is 4.98 Å². The summed E-state index contributed by atoms with van der Waals surface area (Å²) in [5, 5.41) is 9.70. The second-order valence-electron chi connectivity index (χ2n) is 4.68. The highest BCUT2D eigenvalue weighted by Gasteiger charge is 2.16. The fourth-order valence-corrected chi connectivity index (χ4v) is 2.07. The van der Waals surface area contributed by atoms with Gasteiger partial charge in [-0.25, -0.2) is 4.39 Å². The van der Waals surface area contributed by atoms with Crippen molar-refractivity contribution < 1.29 is 14.2 Å². The molecule has 1 aromatic heterocycles. The van der Waals surface area contributed by atoms with Gasteiger partial charge in [-0.05, 0) is 44.5 Å². The van der Waals surface area contributed by atoms with Crippen molar-refractivity contribution in [3.05, 3.63) is 53.1 Å². The molecule has 0 aliphatic heterocycles. The normalized spacial score (nSPS) is 12.2. The number of hydrogen-bond donors (Lipinski definition) is 1. The number of halogens is 1. The van der Waals surface area contributed by atoms with Gasteiger partial charge >= 0.3 is 0 Å². The first kappa shape index (κ1) is 14.5. The predicted octanol–water partition coefficient (Wildman–Crippen LogP) is 3.94. The van der Waals surface area contributed by atoms with Crippen molar-refractivity contribution in [3.8, 4) is 11.5 Å². The lowest BCUT2D eigenvalue weighted by molar-refractivity contribution is 0.190. The van der Waals surface area contributed by atoms with Crippen molar-refractivity contribution in [1.29, 1.82) is 0 Å². The minimum Gasteiger partial charge on any atom is -0.455 e. The van der Waals surface area contributed by atoms with Crippen LogP contribution in [0.2, 0.25) is 0 Å². The zero-order chi connectivity index (χ0) is 14.7. The zero-order valence-corrected chi connectivity index (χ0v) is 11.9. The number of ether oxygens (including phenoxy) is 1. The van der Waals surface area contributed by atoms with Gasteiger partial charge < -0.3 is 9.84 Å². The minimum atomic E-state index is -0.935. The molecule has 0 aliphatic rings. The number of hydrogen-bond acceptors (Lipinski definition) is 3. The number of nitrogens with zero attached hydrogens (tertiary/aromatic N) is 1. The molecule has 0 fully saturated rings. The van der Waals surface area contributed by atoms with Crippen LogP contribution < -0.4 is 4.74 Å². The molecule has 2 aromatic rings. The van der Waals surface area contributed by atoms with Gasteiger partial charge in [0.05, 0.1) is 17.4 Å². The summed E-state index contributed by atoms with van der Waals surface area (Å²) in [6.07, 6.45) is -0.217. The molecule has 0 bridgehead atoms. The number of aryl methyl sites for hydroxylation is 2. The summed E-state index contributed by atoms with van der Waals surface area (Å²) < 4.78 is 19.6. The second-order valence-corrected chi connectivity index (χ2v) is 4.68. The van der Waals surface area contributed by atoms with Gasteiger partial charge in [0.2, 0.25) is 0 Å². The van der Waals surface area contributed by atoms with Crippen molar-refractivity contribution in [3.63, 3.8) is 0 Å². The Labute approximate surface area is 118 Å². The average molecular weight is 275 g/mol. The number of aliphatic hydroxyl groups is 1. The molecule has 0 radical (unpaired) electrons. The summed E-state index contributed by atoms with van der Waals surface area (Å²) in [6.45, 7) is 5.40. The quantitative estimate of drug-likeness (QED) is 0.919. The van der Waals surface area contributed by atoms with E-state index in [1.54, 1.807) is 12.1 Å². The van der Waals surface area contributed by atoms with Gasteiger partial charge in [-0.15, -0.1) is 0 Å². The molecule has 0 amide bonds. The largest absolute Gasteiger partial charge is 0.455 e. The average Bonchev–Trinajstić information content (AvgIpc) is 2.40. The molecular weight excluding hydrogens is 257 g/mol. The van der Waals surface area contributed by atoms with Crippen molar-refractivity contribution >= 4 is 0 Å². The highest BCUT2D eigenvalue weighted by atomic mass is 19.1. The Morgan fingerprint density at radius 2 is 2.00 bits per heavy atom. The molecule has 1 heterocycles. The monoisotopic (exact) mass is 275 g/mol. The van der Waals surface area contributed by atoms with E-state index >= 15 is 0 Å². The summed E-state index contributed by atoms with van der Waals surface area (Å²) in [5.74, 6) is 0.432. The van der Waals surface area contributed by atoms with E-state index in [1.807, 2.05) is 26.0 Å². The van der Waals surface area contributed by atoms with E-state index in [4.69, 9.17) is 4.74 Å². The Bertz CT molecular complexity index is 611. The number of benzene rings is 1. The summed E-state index contributed by atoms with van der Waals surface area (Å²) in [5.41, 5.74) is 1.88. The maximum absolute atomic E-state index is 13.8. The highest BCUT2D eigenvalue weighted by molar-refractivity contribution is 5.41. The second kappa shape index (κ2) is 6.01. The van der Waals surface area contributed by atoms with Gasteiger partial charge in [-0.3, -0.25) is 4.98 Å². The summed E-state index contributed by atoms with van der Waals surface area (Å²) in [4.78, 5) is 4.40. The Balaban J connectivity index is 2.43. The van der Waals surface area contributed by atoms with Crippen LogP contribution in [0.25, 0.3) is 0 Å². The van der Waals surface area contributed by atoms with E-state index in [-0.39, 0.29) is 5.56 Å². The van der Waals surface area contributed by atoms with Crippen molar-refractivity contribution in [2.45, 2.75) is 33.3 Å². The molecule has 1 unspecified atom stereocenters. The molecule has 3 nitrogen and oxygen atoms in total. The molecule has 2 rings (SSSR count). The van der Waals surface area contributed by atoms with Gasteiger partial charge in [0.15, 0.2) is 0 Å². The van der Waals surface area contributed by atoms with Gasteiger partial charge in [0, 0.05) is 5.69 Å². The minimum absolute atomic E-state index is 0.162. The van der Waals surface area contributed by atoms with Crippen LogP contribution in [0.15, 0.2) is 30.3 Å². The first-order valence-corrected chi connectivity index (χ1v) is 6.63. The zero-order valence-electron chi connectivity index (χ0n) is 11.9. The lowest BCUT2D eigenvalue weighted by atomic mass is 10.1. The summed E-state index contributed by atoms with van der Waals surface area (Å²) in [6, 6.07) is 8.17. The molecule has 106 valence electrons. The Morgan fingerprint density at radius 3 is 2.65 bits per heavy atom. The molecule has 1 N–H and O–H groups in total. The van der Waals surface area contributed by atoms with Gasteiger partial charge in [0.25, 0.3) is 0 Å². The van der Waals surface area contributed by atoms with Crippen LogP contribution in [0.5, 0.6) is 11.5 Å².